The number of imide groups is 1. The van der Waals surface area contributed by atoms with Crippen LogP contribution < -0.4 is 0 Å². The van der Waals surface area contributed by atoms with Crippen LogP contribution in [0.4, 0.5) is 0 Å². The van der Waals surface area contributed by atoms with Gasteiger partial charge in [0, 0.05) is 19.9 Å². The van der Waals surface area contributed by atoms with Gasteiger partial charge in [0.1, 0.15) is 0 Å². The first-order valence-corrected chi connectivity index (χ1v) is 5.27. The Morgan fingerprint density at radius 3 is 1.73 bits per heavy atom. The van der Waals surface area contributed by atoms with Gasteiger partial charge in [0.15, 0.2) is 0 Å². The molecule has 0 atom stereocenters. The van der Waals surface area contributed by atoms with Crippen LogP contribution in [-0.4, -0.2) is 23.3 Å². The highest BCUT2D eigenvalue weighted by Gasteiger charge is 2.13. The van der Waals surface area contributed by atoms with Crippen molar-refractivity contribution in [1.29, 1.82) is 0 Å². The van der Waals surface area contributed by atoms with Gasteiger partial charge in [0.05, 0.1) is 0 Å². The van der Waals surface area contributed by atoms with E-state index >= 15 is 0 Å². The van der Waals surface area contributed by atoms with Crippen LogP contribution in [0.2, 0.25) is 0 Å². The third kappa shape index (κ3) is 10.6. The topological polar surface area (TPSA) is 37.4 Å². The van der Waals surface area contributed by atoms with Gasteiger partial charge in [-0.25, -0.2) is 0 Å². The van der Waals surface area contributed by atoms with Crippen molar-refractivity contribution < 1.29 is 9.59 Å². The zero-order valence-corrected chi connectivity index (χ0v) is 10.5. The van der Waals surface area contributed by atoms with Crippen molar-refractivity contribution in [2.45, 2.75) is 47.5 Å². The highest BCUT2D eigenvalue weighted by atomic mass is 16.2. The fourth-order valence-electron chi connectivity index (χ4n) is 0.872. The minimum absolute atomic E-state index is 0.0839. The lowest BCUT2D eigenvalue weighted by Gasteiger charge is -2.16. The minimum Gasteiger partial charge on any atom is -0.283 e. The maximum Gasteiger partial charge on any atom is 0.228 e. The van der Waals surface area contributed by atoms with Crippen molar-refractivity contribution in [2.24, 2.45) is 0 Å². The van der Waals surface area contributed by atoms with Crippen LogP contribution in [0.25, 0.3) is 0 Å². The second-order valence-corrected chi connectivity index (χ2v) is 2.42. The fourth-order valence-corrected chi connectivity index (χ4v) is 0.872. The van der Waals surface area contributed by atoms with Crippen LogP contribution in [0.5, 0.6) is 0 Å². The molecule has 0 aromatic carbocycles. The summed E-state index contributed by atoms with van der Waals surface area (Å²) in [6.45, 7) is 9.66. The molecule has 0 aliphatic carbocycles. The number of carbonyl (C=O) groups excluding carboxylic acids is 2. The maximum absolute atomic E-state index is 11.0. The van der Waals surface area contributed by atoms with Gasteiger partial charge in [-0.15, -0.1) is 12.8 Å². The lowest BCUT2D eigenvalue weighted by Crippen LogP contribution is -2.35. The van der Waals surface area contributed by atoms with E-state index in [1.807, 2.05) is 20.8 Å². The molecular formula is C12H23NO2. The first kappa shape index (κ1) is 19.3. The number of nitrogens with zero attached hydrogens (tertiary/aromatic N) is 1. The van der Waals surface area contributed by atoms with Gasteiger partial charge < -0.3 is 0 Å². The molecule has 3 heteroatoms. The van der Waals surface area contributed by atoms with E-state index in [1.54, 1.807) is 6.92 Å². The van der Waals surface area contributed by atoms with E-state index in [4.69, 9.17) is 0 Å². The second kappa shape index (κ2) is 15.2. The van der Waals surface area contributed by atoms with Gasteiger partial charge in [0.2, 0.25) is 11.8 Å². The number of hydrogen-bond donors (Lipinski definition) is 0. The Morgan fingerprint density at radius 2 is 1.53 bits per heavy atom. The molecule has 3 nitrogen and oxygen atoms in total. The summed E-state index contributed by atoms with van der Waals surface area (Å²) in [7, 11) is 0. The Balaban J connectivity index is -0.000000318. The Kier molecular flexibility index (Phi) is 19.5. The van der Waals surface area contributed by atoms with E-state index in [9.17, 15) is 9.59 Å². The molecule has 0 radical (unpaired) electrons. The van der Waals surface area contributed by atoms with Gasteiger partial charge in [-0.1, -0.05) is 27.7 Å². The quantitative estimate of drug-likeness (QED) is 0.675. The molecule has 0 fully saturated rings. The van der Waals surface area contributed by atoms with Gasteiger partial charge in [-0.2, -0.15) is 0 Å². The SMILES string of the molecule is C#C.CC.CCCN(C(C)=O)C(=O)CC. The van der Waals surface area contributed by atoms with E-state index in [0.717, 1.165) is 6.42 Å². The summed E-state index contributed by atoms with van der Waals surface area (Å²) < 4.78 is 0. The van der Waals surface area contributed by atoms with Crippen molar-refractivity contribution in [2.75, 3.05) is 6.54 Å². The molecule has 0 spiro atoms. The van der Waals surface area contributed by atoms with Crippen LogP contribution in [-0.2, 0) is 9.59 Å². The molecule has 88 valence electrons. The molecular weight excluding hydrogens is 190 g/mol. The molecule has 0 rings (SSSR count). The van der Waals surface area contributed by atoms with E-state index in [0.29, 0.717) is 13.0 Å². The second-order valence-electron chi connectivity index (χ2n) is 2.42. The van der Waals surface area contributed by atoms with Crippen molar-refractivity contribution >= 4 is 11.8 Å². The molecule has 0 bridgehead atoms. The summed E-state index contributed by atoms with van der Waals surface area (Å²) in [6.07, 6.45) is 9.23. The van der Waals surface area contributed by atoms with Crippen molar-refractivity contribution in [3.63, 3.8) is 0 Å². The molecule has 0 aromatic rings. The molecule has 0 aromatic heterocycles. The first-order valence-electron chi connectivity index (χ1n) is 5.27. The molecule has 0 saturated heterocycles. The van der Waals surface area contributed by atoms with Gasteiger partial charge >= 0.3 is 0 Å². The predicted molar refractivity (Wildman–Crippen MR) is 64.2 cm³/mol. The molecule has 2 amide bonds. The Hall–Kier alpha value is -1.30. The Bertz CT molecular complexity index is 185. The van der Waals surface area contributed by atoms with E-state index in [-0.39, 0.29) is 11.8 Å². The Morgan fingerprint density at radius 1 is 1.13 bits per heavy atom. The number of rotatable bonds is 3. The summed E-state index contributed by atoms with van der Waals surface area (Å²) in [4.78, 5) is 23.2. The van der Waals surface area contributed by atoms with Crippen molar-refractivity contribution in [3.8, 4) is 12.8 Å². The average Bonchev–Trinajstić information content (AvgIpc) is 2.30. The van der Waals surface area contributed by atoms with Crippen molar-refractivity contribution in [3.05, 3.63) is 0 Å². The maximum atomic E-state index is 11.0. The van der Waals surface area contributed by atoms with Gasteiger partial charge in [-0.3, -0.25) is 14.5 Å². The third-order valence-electron chi connectivity index (χ3n) is 1.43. The van der Waals surface area contributed by atoms with Crippen LogP contribution in [0, 0.1) is 12.8 Å². The monoisotopic (exact) mass is 213 g/mol. The zero-order chi connectivity index (χ0) is 12.9. The average molecular weight is 213 g/mol. The molecule has 0 aliphatic heterocycles. The molecule has 0 N–H and O–H groups in total. The normalized spacial score (nSPS) is 7.40. The van der Waals surface area contributed by atoms with Gasteiger partial charge in [0.25, 0.3) is 0 Å². The van der Waals surface area contributed by atoms with Crippen LogP contribution in [0.1, 0.15) is 47.5 Å². The summed E-state index contributed by atoms with van der Waals surface area (Å²) in [5.41, 5.74) is 0. The van der Waals surface area contributed by atoms with Crippen LogP contribution in [0.15, 0.2) is 0 Å². The zero-order valence-electron chi connectivity index (χ0n) is 10.5. The molecule has 15 heavy (non-hydrogen) atoms. The summed E-state index contributed by atoms with van der Waals surface area (Å²) in [5, 5.41) is 0. The van der Waals surface area contributed by atoms with Crippen LogP contribution >= 0.6 is 0 Å². The Labute approximate surface area is 93.8 Å². The summed E-state index contributed by atoms with van der Waals surface area (Å²) in [5.74, 6) is -0.238. The third-order valence-corrected chi connectivity index (χ3v) is 1.43. The molecule has 0 heterocycles. The van der Waals surface area contributed by atoms with E-state index in [1.165, 1.54) is 11.8 Å². The summed E-state index contributed by atoms with van der Waals surface area (Å²) >= 11 is 0. The predicted octanol–water partition coefficient (Wildman–Crippen LogP) is 2.46. The number of hydrogen-bond acceptors (Lipinski definition) is 2. The first-order chi connectivity index (χ1) is 7.13. The lowest BCUT2D eigenvalue weighted by atomic mass is 10.3. The standard InChI is InChI=1S/C8H15NO2.C2H6.C2H2/c1-4-6-9(7(3)10)8(11)5-2;2*1-2/h4-6H2,1-3H3;1-2H3;1-2H. The van der Waals surface area contributed by atoms with Gasteiger partial charge in [-0.05, 0) is 6.42 Å². The highest BCUT2D eigenvalue weighted by molar-refractivity contribution is 5.93. The highest BCUT2D eigenvalue weighted by Crippen LogP contribution is 1.96. The number of amides is 2. The molecule has 0 unspecified atom stereocenters. The number of terminal acetylenes is 1. The molecule has 0 saturated carbocycles. The fraction of sp³-hybridized carbons (Fsp3) is 0.667. The number of carbonyl (C=O) groups is 2. The largest absolute Gasteiger partial charge is 0.283 e. The van der Waals surface area contributed by atoms with E-state index < -0.39 is 0 Å². The van der Waals surface area contributed by atoms with Crippen molar-refractivity contribution in [1.82, 2.24) is 4.90 Å². The van der Waals surface area contributed by atoms with Crippen LogP contribution in [0.3, 0.4) is 0 Å². The molecule has 0 aliphatic rings. The summed E-state index contributed by atoms with van der Waals surface area (Å²) in [6, 6.07) is 0. The minimum atomic E-state index is -0.154. The van der Waals surface area contributed by atoms with E-state index in [2.05, 4.69) is 12.8 Å². The smallest absolute Gasteiger partial charge is 0.228 e. The lowest BCUT2D eigenvalue weighted by molar-refractivity contribution is -0.143.